The molecule has 2 rings (SSSR count). The average Bonchev–Trinajstić information content (AvgIpc) is 2.65. The lowest BCUT2D eigenvalue weighted by molar-refractivity contribution is -0.117. The van der Waals surface area contributed by atoms with E-state index in [-0.39, 0.29) is 11.6 Å². The minimum absolute atomic E-state index is 0.247. The number of carbonyl (C=O) groups excluding carboxylic acids is 1. The quantitative estimate of drug-likeness (QED) is 0.259. The Hall–Kier alpha value is -3.37. The molecule has 126 valence electrons. The van der Waals surface area contributed by atoms with E-state index in [4.69, 9.17) is 5.53 Å². The summed E-state index contributed by atoms with van der Waals surface area (Å²) in [4.78, 5) is 19.5. The Kier molecular flexibility index (Phi) is 6.97. The highest BCUT2D eigenvalue weighted by Gasteiger charge is 2.07. The molecule has 0 aliphatic carbocycles. The van der Waals surface area contributed by atoms with Crippen molar-refractivity contribution in [2.45, 2.75) is 13.3 Å². The molecule has 6 heteroatoms. The summed E-state index contributed by atoms with van der Waals surface area (Å²) < 4.78 is 0. The van der Waals surface area contributed by atoms with E-state index in [0.717, 1.165) is 12.0 Å². The summed E-state index contributed by atoms with van der Waals surface area (Å²) in [6, 6.07) is 16.6. The van der Waals surface area contributed by atoms with Gasteiger partial charge in [-0.25, -0.2) is 0 Å². The zero-order chi connectivity index (χ0) is 17.9. The standard InChI is InChI=1S/C19H19N5O/c1-2-12-21-19(25)18(13-15-8-4-3-5-9-15)22-14-16-10-6-7-11-17(16)23-24-20/h3-11,13-14H,2,12H2,1H3,(H,21,25)/b18-13-,22-14?. The second kappa shape index (κ2) is 9.70. The number of aliphatic imine (C=N–C) groups is 1. The van der Waals surface area contributed by atoms with Crippen molar-refractivity contribution in [1.29, 1.82) is 0 Å². The number of nitrogens with one attached hydrogen (secondary N) is 1. The van der Waals surface area contributed by atoms with Crippen LogP contribution in [-0.2, 0) is 4.79 Å². The first kappa shape index (κ1) is 18.0. The number of hydrogen-bond acceptors (Lipinski definition) is 3. The van der Waals surface area contributed by atoms with Crippen molar-refractivity contribution in [3.05, 3.63) is 81.9 Å². The fourth-order valence-electron chi connectivity index (χ4n) is 2.07. The Labute approximate surface area is 146 Å². The lowest BCUT2D eigenvalue weighted by atomic mass is 10.2. The molecule has 6 nitrogen and oxygen atoms in total. The molecular formula is C19H19N5O. The summed E-state index contributed by atoms with van der Waals surface area (Å²) in [6.45, 7) is 2.57. The number of hydrogen-bond donors (Lipinski definition) is 1. The molecule has 0 aliphatic heterocycles. The molecule has 25 heavy (non-hydrogen) atoms. The summed E-state index contributed by atoms with van der Waals surface area (Å²) in [7, 11) is 0. The van der Waals surface area contributed by atoms with Gasteiger partial charge in [0.25, 0.3) is 5.91 Å². The predicted octanol–water partition coefficient (Wildman–Crippen LogP) is 4.61. The molecule has 2 aromatic carbocycles. The third-order valence-corrected chi connectivity index (χ3v) is 3.30. The highest BCUT2D eigenvalue weighted by Crippen LogP contribution is 2.17. The summed E-state index contributed by atoms with van der Waals surface area (Å²) in [5.41, 5.74) is 10.9. The molecule has 2 aromatic rings. The van der Waals surface area contributed by atoms with Crippen molar-refractivity contribution in [2.24, 2.45) is 10.1 Å². The van der Waals surface area contributed by atoms with Gasteiger partial charge in [0.05, 0.1) is 0 Å². The van der Waals surface area contributed by atoms with Crippen molar-refractivity contribution in [3.63, 3.8) is 0 Å². The lowest BCUT2D eigenvalue weighted by Crippen LogP contribution is -2.25. The van der Waals surface area contributed by atoms with Crippen molar-refractivity contribution >= 4 is 23.9 Å². The Bertz CT molecular complexity index is 821. The molecule has 0 aromatic heterocycles. The second-order valence-electron chi connectivity index (χ2n) is 5.20. The molecule has 0 heterocycles. The van der Waals surface area contributed by atoms with Crippen LogP contribution in [0.2, 0.25) is 0 Å². The maximum Gasteiger partial charge on any atom is 0.269 e. The van der Waals surface area contributed by atoms with Crippen LogP contribution in [0.3, 0.4) is 0 Å². The van der Waals surface area contributed by atoms with Crippen molar-refractivity contribution in [3.8, 4) is 0 Å². The molecule has 1 amide bonds. The van der Waals surface area contributed by atoms with Crippen LogP contribution in [-0.4, -0.2) is 18.7 Å². The van der Waals surface area contributed by atoms with Crippen LogP contribution in [0, 0.1) is 0 Å². The van der Waals surface area contributed by atoms with Crippen molar-refractivity contribution in [2.75, 3.05) is 6.54 Å². The van der Waals surface area contributed by atoms with Gasteiger partial charge in [-0.05, 0) is 23.6 Å². The third-order valence-electron chi connectivity index (χ3n) is 3.30. The lowest BCUT2D eigenvalue weighted by Gasteiger charge is -2.05. The van der Waals surface area contributed by atoms with E-state index in [0.29, 0.717) is 17.8 Å². The molecule has 0 unspecified atom stereocenters. The van der Waals surface area contributed by atoms with Gasteiger partial charge < -0.3 is 5.32 Å². The smallest absolute Gasteiger partial charge is 0.269 e. The van der Waals surface area contributed by atoms with Gasteiger partial charge in [0.15, 0.2) is 0 Å². The van der Waals surface area contributed by atoms with E-state index in [1.54, 1.807) is 24.3 Å². The second-order valence-corrected chi connectivity index (χ2v) is 5.20. The first-order valence-corrected chi connectivity index (χ1v) is 7.97. The molecule has 0 spiro atoms. The van der Waals surface area contributed by atoms with E-state index >= 15 is 0 Å². The van der Waals surface area contributed by atoms with Crippen LogP contribution in [0.4, 0.5) is 5.69 Å². The van der Waals surface area contributed by atoms with E-state index in [1.165, 1.54) is 6.21 Å². The highest BCUT2D eigenvalue weighted by atomic mass is 16.2. The molecule has 0 bridgehead atoms. The van der Waals surface area contributed by atoms with Gasteiger partial charge in [-0.15, -0.1) is 0 Å². The Morgan fingerprint density at radius 1 is 1.16 bits per heavy atom. The molecule has 0 atom stereocenters. The Morgan fingerprint density at radius 3 is 2.60 bits per heavy atom. The molecule has 0 fully saturated rings. The van der Waals surface area contributed by atoms with Crippen LogP contribution >= 0.6 is 0 Å². The first-order valence-electron chi connectivity index (χ1n) is 7.97. The number of benzene rings is 2. The molecular weight excluding hydrogens is 314 g/mol. The number of carbonyl (C=O) groups is 1. The van der Waals surface area contributed by atoms with Crippen molar-refractivity contribution in [1.82, 2.24) is 5.32 Å². The van der Waals surface area contributed by atoms with Gasteiger partial charge in [-0.2, -0.15) is 0 Å². The normalized spacial score (nSPS) is 11.2. The van der Waals surface area contributed by atoms with Crippen LogP contribution in [0.25, 0.3) is 16.5 Å². The van der Waals surface area contributed by atoms with E-state index in [9.17, 15) is 4.79 Å². The molecule has 0 radical (unpaired) electrons. The van der Waals surface area contributed by atoms with E-state index in [1.807, 2.05) is 43.3 Å². The fraction of sp³-hybridized carbons (Fsp3) is 0.158. The van der Waals surface area contributed by atoms with Gasteiger partial charge in [0.1, 0.15) is 5.70 Å². The zero-order valence-corrected chi connectivity index (χ0v) is 14.0. The SMILES string of the molecule is CCCNC(=O)/C(=C/c1ccccc1)N=Cc1ccccc1N=[N+]=[N-]. The maximum atomic E-state index is 12.4. The molecule has 0 saturated carbocycles. The first-order chi connectivity index (χ1) is 12.2. The monoisotopic (exact) mass is 333 g/mol. The number of nitrogens with zero attached hydrogens (tertiary/aromatic N) is 4. The third kappa shape index (κ3) is 5.64. The minimum Gasteiger partial charge on any atom is -0.351 e. The summed E-state index contributed by atoms with van der Waals surface area (Å²) in [5, 5.41) is 6.46. The van der Waals surface area contributed by atoms with Gasteiger partial charge >= 0.3 is 0 Å². The van der Waals surface area contributed by atoms with Gasteiger partial charge in [-0.1, -0.05) is 66.6 Å². The molecule has 1 N–H and O–H groups in total. The summed E-state index contributed by atoms with van der Waals surface area (Å²) in [5.74, 6) is -0.247. The van der Waals surface area contributed by atoms with Gasteiger partial charge in [0.2, 0.25) is 0 Å². The maximum absolute atomic E-state index is 12.4. The number of amides is 1. The predicted molar refractivity (Wildman–Crippen MR) is 101 cm³/mol. The number of azide groups is 1. The highest BCUT2D eigenvalue weighted by molar-refractivity contribution is 6.00. The minimum atomic E-state index is -0.247. The van der Waals surface area contributed by atoms with E-state index < -0.39 is 0 Å². The summed E-state index contributed by atoms with van der Waals surface area (Å²) >= 11 is 0. The average molecular weight is 333 g/mol. The molecule has 0 saturated heterocycles. The number of rotatable bonds is 7. The van der Waals surface area contributed by atoms with Gasteiger partial charge in [0, 0.05) is 28.9 Å². The zero-order valence-electron chi connectivity index (χ0n) is 14.0. The van der Waals surface area contributed by atoms with Gasteiger partial charge in [-0.3, -0.25) is 9.79 Å². The van der Waals surface area contributed by atoms with Crippen LogP contribution < -0.4 is 5.32 Å². The van der Waals surface area contributed by atoms with Crippen LogP contribution in [0.5, 0.6) is 0 Å². The van der Waals surface area contributed by atoms with Crippen LogP contribution in [0.15, 0.2) is 70.4 Å². The van der Waals surface area contributed by atoms with Crippen molar-refractivity contribution < 1.29 is 4.79 Å². The topological polar surface area (TPSA) is 90.2 Å². The largest absolute Gasteiger partial charge is 0.351 e. The Balaban J connectivity index is 2.34. The fourth-order valence-corrected chi connectivity index (χ4v) is 2.07. The van der Waals surface area contributed by atoms with E-state index in [2.05, 4.69) is 20.3 Å². The molecule has 0 aliphatic rings. The van der Waals surface area contributed by atoms with Crippen LogP contribution in [0.1, 0.15) is 24.5 Å². The Morgan fingerprint density at radius 2 is 1.88 bits per heavy atom. The summed E-state index contributed by atoms with van der Waals surface area (Å²) in [6.07, 6.45) is 4.09.